The van der Waals surface area contributed by atoms with Crippen LogP contribution in [0.2, 0.25) is 0 Å². The van der Waals surface area contributed by atoms with E-state index < -0.39 is 15.3 Å². The first-order valence-corrected chi connectivity index (χ1v) is 7.31. The van der Waals surface area contributed by atoms with Gasteiger partial charge < -0.3 is 10.5 Å². The van der Waals surface area contributed by atoms with Gasteiger partial charge in [-0.05, 0) is 30.7 Å². The summed E-state index contributed by atoms with van der Waals surface area (Å²) in [4.78, 5) is -0.0292. The van der Waals surface area contributed by atoms with Crippen LogP contribution in [0.4, 0.5) is 5.69 Å². The molecule has 0 saturated carbocycles. The number of rotatable bonds is 6. The summed E-state index contributed by atoms with van der Waals surface area (Å²) in [6, 6.07) is 6.56. The summed E-state index contributed by atoms with van der Waals surface area (Å²) in [5, 5.41) is -0.866. The quantitative estimate of drug-likeness (QED) is 0.775. The average molecular weight is 288 g/mol. The number of methoxy groups -OCH3 is 1. The number of hydrogen-bond donors (Lipinski definition) is 2. The van der Waals surface area contributed by atoms with Crippen LogP contribution in [0.25, 0.3) is 0 Å². The minimum atomic E-state index is -3.60. The SMILES string of the molecule is CCC(C(N)=S)S(=O)(=O)Nc1ccc(OC)cc1. The Morgan fingerprint density at radius 3 is 2.39 bits per heavy atom. The maximum atomic E-state index is 12.0. The van der Waals surface area contributed by atoms with Gasteiger partial charge in [0.25, 0.3) is 0 Å². The minimum absolute atomic E-state index is 0.0292. The first kappa shape index (κ1) is 14.7. The van der Waals surface area contributed by atoms with E-state index in [4.69, 9.17) is 22.7 Å². The number of anilines is 1. The van der Waals surface area contributed by atoms with Crippen molar-refractivity contribution in [3.8, 4) is 5.75 Å². The van der Waals surface area contributed by atoms with Crippen LogP contribution in [0.5, 0.6) is 5.75 Å². The maximum Gasteiger partial charge on any atom is 0.242 e. The van der Waals surface area contributed by atoms with Crippen molar-refractivity contribution >= 4 is 32.9 Å². The van der Waals surface area contributed by atoms with Crippen LogP contribution in [-0.2, 0) is 10.0 Å². The number of ether oxygens (including phenoxy) is 1. The third-order valence-corrected chi connectivity index (χ3v) is 4.70. The molecule has 5 nitrogen and oxygen atoms in total. The predicted octanol–water partition coefficient (Wildman–Crippen LogP) is 1.50. The van der Waals surface area contributed by atoms with Crippen molar-refractivity contribution in [3.63, 3.8) is 0 Å². The second kappa shape index (κ2) is 6.01. The number of nitrogens with one attached hydrogen (secondary N) is 1. The van der Waals surface area contributed by atoms with Gasteiger partial charge in [-0.3, -0.25) is 4.72 Å². The summed E-state index contributed by atoms with van der Waals surface area (Å²) >= 11 is 4.76. The summed E-state index contributed by atoms with van der Waals surface area (Å²) in [5.74, 6) is 0.652. The summed E-state index contributed by atoms with van der Waals surface area (Å²) in [5.41, 5.74) is 5.87. The van der Waals surface area contributed by atoms with E-state index in [1.54, 1.807) is 38.3 Å². The summed E-state index contributed by atoms with van der Waals surface area (Å²) in [7, 11) is -2.06. The summed E-state index contributed by atoms with van der Waals surface area (Å²) in [6.45, 7) is 1.72. The minimum Gasteiger partial charge on any atom is -0.497 e. The second-order valence-corrected chi connectivity index (χ2v) is 6.01. The standard InChI is InChI=1S/C11H16N2O3S2/c1-3-10(11(12)17)18(14,15)13-8-4-6-9(16-2)7-5-8/h4-7,10,13H,3H2,1-2H3,(H2,12,17). The van der Waals surface area contributed by atoms with Gasteiger partial charge in [-0.25, -0.2) is 8.42 Å². The number of thiocarbonyl (C=S) groups is 1. The second-order valence-electron chi connectivity index (χ2n) is 3.67. The van der Waals surface area contributed by atoms with Crippen molar-refractivity contribution in [2.45, 2.75) is 18.6 Å². The highest BCUT2D eigenvalue weighted by atomic mass is 32.2. The normalized spacial score (nSPS) is 12.8. The van der Waals surface area contributed by atoms with E-state index in [1.165, 1.54) is 0 Å². The highest BCUT2D eigenvalue weighted by molar-refractivity contribution is 7.95. The molecule has 0 spiro atoms. The lowest BCUT2D eigenvalue weighted by Gasteiger charge is -2.16. The lowest BCUT2D eigenvalue weighted by Crippen LogP contribution is -2.37. The molecule has 100 valence electrons. The molecule has 0 bridgehead atoms. The molecule has 1 rings (SSSR count). The molecule has 3 N–H and O–H groups in total. The molecule has 0 aromatic heterocycles. The molecule has 1 atom stereocenters. The van der Waals surface area contributed by atoms with Crippen LogP contribution in [-0.4, -0.2) is 25.8 Å². The number of nitrogens with two attached hydrogens (primary N) is 1. The van der Waals surface area contributed by atoms with E-state index in [0.717, 1.165) is 0 Å². The lowest BCUT2D eigenvalue weighted by molar-refractivity contribution is 0.415. The molecule has 1 aromatic rings. The van der Waals surface area contributed by atoms with Gasteiger partial charge in [-0.1, -0.05) is 19.1 Å². The van der Waals surface area contributed by atoms with Gasteiger partial charge in [0.1, 0.15) is 11.0 Å². The number of sulfonamides is 1. The van der Waals surface area contributed by atoms with E-state index >= 15 is 0 Å². The van der Waals surface area contributed by atoms with Crippen LogP contribution in [0.3, 0.4) is 0 Å². The van der Waals surface area contributed by atoms with Crippen molar-refractivity contribution < 1.29 is 13.2 Å². The zero-order chi connectivity index (χ0) is 13.8. The Morgan fingerprint density at radius 1 is 1.44 bits per heavy atom. The third-order valence-electron chi connectivity index (χ3n) is 2.41. The molecule has 1 unspecified atom stereocenters. The smallest absolute Gasteiger partial charge is 0.242 e. The Hall–Kier alpha value is -1.34. The first-order valence-electron chi connectivity index (χ1n) is 5.35. The number of benzene rings is 1. The Kier molecular flexibility index (Phi) is 4.92. The zero-order valence-corrected chi connectivity index (χ0v) is 11.8. The Labute approximate surface area is 112 Å². The fraction of sp³-hybridized carbons (Fsp3) is 0.364. The van der Waals surface area contributed by atoms with Crippen molar-refractivity contribution in [2.24, 2.45) is 5.73 Å². The van der Waals surface area contributed by atoms with Crippen LogP contribution >= 0.6 is 12.2 Å². The fourth-order valence-electron chi connectivity index (χ4n) is 1.47. The Balaban J connectivity index is 2.90. The molecule has 0 aliphatic heterocycles. The molecule has 0 heterocycles. The molecule has 18 heavy (non-hydrogen) atoms. The topological polar surface area (TPSA) is 81.4 Å². The largest absolute Gasteiger partial charge is 0.497 e. The van der Waals surface area contributed by atoms with Gasteiger partial charge in [0, 0.05) is 5.69 Å². The van der Waals surface area contributed by atoms with Gasteiger partial charge in [0.15, 0.2) is 0 Å². The first-order chi connectivity index (χ1) is 8.40. The van der Waals surface area contributed by atoms with E-state index in [0.29, 0.717) is 17.9 Å². The molecule has 0 radical (unpaired) electrons. The molecular formula is C11H16N2O3S2. The van der Waals surface area contributed by atoms with E-state index in [2.05, 4.69) is 4.72 Å². The highest BCUT2D eigenvalue weighted by Gasteiger charge is 2.26. The van der Waals surface area contributed by atoms with Gasteiger partial charge in [-0.15, -0.1) is 0 Å². The van der Waals surface area contributed by atoms with Gasteiger partial charge in [0.2, 0.25) is 10.0 Å². The predicted molar refractivity (Wildman–Crippen MR) is 76.4 cm³/mol. The monoisotopic (exact) mass is 288 g/mol. The Bertz CT molecular complexity index is 512. The molecule has 0 aliphatic rings. The molecule has 0 aliphatic carbocycles. The van der Waals surface area contributed by atoms with Crippen molar-refractivity contribution in [1.29, 1.82) is 0 Å². The van der Waals surface area contributed by atoms with Gasteiger partial charge >= 0.3 is 0 Å². The zero-order valence-electron chi connectivity index (χ0n) is 10.2. The summed E-state index contributed by atoms with van der Waals surface area (Å²) < 4.78 is 31.5. The van der Waals surface area contributed by atoms with Gasteiger partial charge in [-0.2, -0.15) is 0 Å². The van der Waals surface area contributed by atoms with E-state index in [-0.39, 0.29) is 4.99 Å². The van der Waals surface area contributed by atoms with Gasteiger partial charge in [0.05, 0.1) is 12.1 Å². The number of hydrogen-bond acceptors (Lipinski definition) is 4. The third kappa shape index (κ3) is 3.58. The molecule has 0 saturated heterocycles. The van der Waals surface area contributed by atoms with E-state index in [1.807, 2.05) is 0 Å². The van der Waals surface area contributed by atoms with Crippen LogP contribution in [0.15, 0.2) is 24.3 Å². The Morgan fingerprint density at radius 2 is 2.00 bits per heavy atom. The fourth-order valence-corrected chi connectivity index (χ4v) is 3.37. The molecular weight excluding hydrogens is 272 g/mol. The molecule has 0 amide bonds. The lowest BCUT2D eigenvalue weighted by atomic mass is 10.3. The highest BCUT2D eigenvalue weighted by Crippen LogP contribution is 2.18. The van der Waals surface area contributed by atoms with Crippen LogP contribution < -0.4 is 15.2 Å². The van der Waals surface area contributed by atoms with Crippen molar-refractivity contribution in [1.82, 2.24) is 0 Å². The van der Waals surface area contributed by atoms with Crippen molar-refractivity contribution in [3.05, 3.63) is 24.3 Å². The van der Waals surface area contributed by atoms with Crippen LogP contribution in [0.1, 0.15) is 13.3 Å². The summed E-state index contributed by atoms with van der Waals surface area (Å²) in [6.07, 6.45) is 0.334. The van der Waals surface area contributed by atoms with Crippen LogP contribution in [0, 0.1) is 0 Å². The molecule has 1 aromatic carbocycles. The average Bonchev–Trinajstić information content (AvgIpc) is 2.29. The molecule has 0 fully saturated rings. The molecule has 7 heteroatoms. The van der Waals surface area contributed by atoms with E-state index in [9.17, 15) is 8.42 Å². The maximum absolute atomic E-state index is 12.0. The van der Waals surface area contributed by atoms with Crippen molar-refractivity contribution in [2.75, 3.05) is 11.8 Å².